The van der Waals surface area contributed by atoms with E-state index in [0.29, 0.717) is 12.3 Å². The highest BCUT2D eigenvalue weighted by atomic mass is 16.7. The predicted molar refractivity (Wildman–Crippen MR) is 56.3 cm³/mol. The zero-order valence-corrected chi connectivity index (χ0v) is 8.66. The average Bonchev–Trinajstić information content (AvgIpc) is 2.76. The van der Waals surface area contributed by atoms with E-state index < -0.39 is 0 Å². The van der Waals surface area contributed by atoms with Crippen molar-refractivity contribution in [2.75, 3.05) is 19.9 Å². The Balaban J connectivity index is 1.91. The second-order valence-electron chi connectivity index (χ2n) is 3.79. The first-order valence-corrected chi connectivity index (χ1v) is 5.25. The van der Waals surface area contributed by atoms with E-state index in [1.807, 2.05) is 18.2 Å². The maximum absolute atomic E-state index is 11.6. The Morgan fingerprint density at radius 2 is 2.06 bits per heavy atom. The van der Waals surface area contributed by atoms with Gasteiger partial charge in [0.05, 0.1) is 0 Å². The van der Waals surface area contributed by atoms with Gasteiger partial charge in [0.25, 0.3) is 0 Å². The molecule has 0 saturated carbocycles. The first kappa shape index (κ1) is 9.47. The number of fused-ring (bicyclic) bond motifs is 1. The van der Waals surface area contributed by atoms with Crippen molar-refractivity contribution in [3.8, 4) is 11.5 Å². The summed E-state index contributed by atoms with van der Waals surface area (Å²) >= 11 is 0. The zero-order chi connectivity index (χ0) is 11.0. The van der Waals surface area contributed by atoms with Gasteiger partial charge in [0.1, 0.15) is 6.04 Å². The molecule has 0 aliphatic carbocycles. The number of ether oxygens (including phenoxy) is 2. The lowest BCUT2D eigenvalue weighted by molar-refractivity contribution is -0.124. The van der Waals surface area contributed by atoms with Crippen LogP contribution in [0.3, 0.4) is 0 Å². The van der Waals surface area contributed by atoms with Crippen LogP contribution >= 0.6 is 0 Å². The molecule has 1 aromatic rings. The van der Waals surface area contributed by atoms with Crippen LogP contribution in [0, 0.1) is 0 Å². The van der Waals surface area contributed by atoms with Crippen LogP contribution in [0.5, 0.6) is 11.5 Å². The van der Waals surface area contributed by atoms with Crippen LogP contribution in [0.1, 0.15) is 11.6 Å². The molecule has 2 aliphatic rings. The second-order valence-corrected chi connectivity index (χ2v) is 3.79. The number of hydrogen-bond donors (Lipinski definition) is 2. The Morgan fingerprint density at radius 3 is 2.94 bits per heavy atom. The van der Waals surface area contributed by atoms with Crippen LogP contribution in [0.4, 0.5) is 0 Å². The van der Waals surface area contributed by atoms with Crippen molar-refractivity contribution in [3.63, 3.8) is 0 Å². The lowest BCUT2D eigenvalue weighted by atomic mass is 10.0. The minimum Gasteiger partial charge on any atom is -0.454 e. The van der Waals surface area contributed by atoms with E-state index in [0.717, 1.165) is 17.9 Å². The first-order valence-electron chi connectivity index (χ1n) is 5.25. The standard InChI is InChI=1S/C11H12N2O3/c14-11-10(12-3-4-13-11)7-1-2-8-9(5-7)16-6-15-8/h1-2,5,10,12H,3-4,6H2,(H,13,14). The monoisotopic (exact) mass is 220 g/mol. The van der Waals surface area contributed by atoms with Crippen LogP contribution in [0.2, 0.25) is 0 Å². The van der Waals surface area contributed by atoms with Crippen LogP contribution in [0.25, 0.3) is 0 Å². The number of piperazine rings is 1. The highest BCUT2D eigenvalue weighted by Gasteiger charge is 2.25. The molecular formula is C11H12N2O3. The lowest BCUT2D eigenvalue weighted by Gasteiger charge is -2.23. The summed E-state index contributed by atoms with van der Waals surface area (Å²) in [7, 11) is 0. The molecular weight excluding hydrogens is 208 g/mol. The predicted octanol–water partition coefficient (Wildman–Crippen LogP) is 0.176. The van der Waals surface area contributed by atoms with Gasteiger partial charge in [-0.2, -0.15) is 0 Å². The van der Waals surface area contributed by atoms with Gasteiger partial charge >= 0.3 is 0 Å². The number of hydrogen-bond acceptors (Lipinski definition) is 4. The second kappa shape index (κ2) is 3.68. The summed E-state index contributed by atoms with van der Waals surface area (Å²) in [6.07, 6.45) is 0. The molecule has 5 heteroatoms. The highest BCUT2D eigenvalue weighted by molar-refractivity contribution is 5.84. The lowest BCUT2D eigenvalue weighted by Crippen LogP contribution is -2.47. The van der Waals surface area contributed by atoms with Crippen molar-refractivity contribution < 1.29 is 14.3 Å². The quantitative estimate of drug-likeness (QED) is 0.708. The number of carbonyl (C=O) groups excluding carboxylic acids is 1. The van der Waals surface area contributed by atoms with E-state index in [9.17, 15) is 4.79 Å². The summed E-state index contributed by atoms with van der Waals surface area (Å²) < 4.78 is 10.5. The molecule has 5 nitrogen and oxygen atoms in total. The fourth-order valence-corrected chi connectivity index (χ4v) is 1.96. The van der Waals surface area contributed by atoms with E-state index in [1.54, 1.807) is 0 Å². The molecule has 1 amide bonds. The molecule has 1 saturated heterocycles. The van der Waals surface area contributed by atoms with Gasteiger partial charge in [-0.15, -0.1) is 0 Å². The van der Waals surface area contributed by atoms with E-state index in [2.05, 4.69) is 10.6 Å². The molecule has 1 aromatic carbocycles. The Morgan fingerprint density at radius 1 is 1.19 bits per heavy atom. The van der Waals surface area contributed by atoms with Crippen LogP contribution in [0.15, 0.2) is 18.2 Å². The summed E-state index contributed by atoms with van der Waals surface area (Å²) in [5, 5.41) is 5.99. The molecule has 2 aliphatic heterocycles. The number of nitrogens with one attached hydrogen (secondary N) is 2. The van der Waals surface area contributed by atoms with Gasteiger partial charge in [0.15, 0.2) is 11.5 Å². The average molecular weight is 220 g/mol. The van der Waals surface area contributed by atoms with Crippen molar-refractivity contribution in [1.82, 2.24) is 10.6 Å². The number of benzene rings is 1. The van der Waals surface area contributed by atoms with Gasteiger partial charge in [0.2, 0.25) is 12.7 Å². The first-order chi connectivity index (χ1) is 7.84. The fraction of sp³-hybridized carbons (Fsp3) is 0.364. The maximum Gasteiger partial charge on any atom is 0.241 e. The molecule has 0 spiro atoms. The van der Waals surface area contributed by atoms with Gasteiger partial charge in [-0.05, 0) is 17.7 Å². The third-order valence-corrected chi connectivity index (χ3v) is 2.76. The van der Waals surface area contributed by atoms with Gasteiger partial charge < -0.3 is 20.1 Å². The van der Waals surface area contributed by atoms with Crippen molar-refractivity contribution >= 4 is 5.91 Å². The largest absolute Gasteiger partial charge is 0.454 e. The van der Waals surface area contributed by atoms with Gasteiger partial charge in [-0.3, -0.25) is 4.79 Å². The fourth-order valence-electron chi connectivity index (χ4n) is 1.96. The van der Waals surface area contributed by atoms with Crippen molar-refractivity contribution in [3.05, 3.63) is 23.8 Å². The Labute approximate surface area is 92.7 Å². The minimum absolute atomic E-state index is 0.00474. The maximum atomic E-state index is 11.6. The van der Waals surface area contributed by atoms with E-state index in [1.165, 1.54) is 0 Å². The van der Waals surface area contributed by atoms with Crippen LogP contribution in [-0.2, 0) is 4.79 Å². The SMILES string of the molecule is O=C1NCCNC1c1ccc2c(c1)OCO2. The molecule has 84 valence electrons. The topological polar surface area (TPSA) is 59.6 Å². The zero-order valence-electron chi connectivity index (χ0n) is 8.66. The molecule has 16 heavy (non-hydrogen) atoms. The minimum atomic E-state index is -0.289. The molecule has 0 radical (unpaired) electrons. The summed E-state index contributed by atoms with van der Waals surface area (Å²) in [6, 6.07) is 5.28. The highest BCUT2D eigenvalue weighted by Crippen LogP contribution is 2.34. The van der Waals surface area contributed by atoms with Crippen LogP contribution < -0.4 is 20.1 Å². The third kappa shape index (κ3) is 1.49. The third-order valence-electron chi connectivity index (χ3n) is 2.76. The smallest absolute Gasteiger partial charge is 0.241 e. The number of amides is 1. The molecule has 1 atom stereocenters. The Kier molecular flexibility index (Phi) is 2.18. The Bertz CT molecular complexity index is 433. The van der Waals surface area contributed by atoms with E-state index in [4.69, 9.17) is 9.47 Å². The van der Waals surface area contributed by atoms with Crippen molar-refractivity contribution in [1.29, 1.82) is 0 Å². The normalized spacial score (nSPS) is 23.0. The van der Waals surface area contributed by atoms with E-state index >= 15 is 0 Å². The van der Waals surface area contributed by atoms with Crippen molar-refractivity contribution in [2.45, 2.75) is 6.04 Å². The molecule has 1 unspecified atom stereocenters. The summed E-state index contributed by atoms with van der Waals surface area (Å²) in [6.45, 7) is 1.72. The number of rotatable bonds is 1. The molecule has 2 N–H and O–H groups in total. The van der Waals surface area contributed by atoms with Gasteiger partial charge in [0, 0.05) is 13.1 Å². The van der Waals surface area contributed by atoms with E-state index in [-0.39, 0.29) is 18.7 Å². The summed E-state index contributed by atoms with van der Waals surface area (Å²) in [4.78, 5) is 11.6. The molecule has 0 aromatic heterocycles. The number of carbonyl (C=O) groups is 1. The molecule has 1 fully saturated rings. The van der Waals surface area contributed by atoms with Gasteiger partial charge in [-0.25, -0.2) is 0 Å². The van der Waals surface area contributed by atoms with Gasteiger partial charge in [-0.1, -0.05) is 6.07 Å². The summed E-state index contributed by atoms with van der Waals surface area (Å²) in [5.41, 5.74) is 0.904. The molecule has 0 bridgehead atoms. The molecule has 2 heterocycles. The van der Waals surface area contributed by atoms with Crippen LogP contribution in [-0.4, -0.2) is 25.8 Å². The molecule has 3 rings (SSSR count). The summed E-state index contributed by atoms with van der Waals surface area (Å²) in [5.74, 6) is 1.45. The van der Waals surface area contributed by atoms with Crippen molar-refractivity contribution in [2.24, 2.45) is 0 Å². The Hall–Kier alpha value is -1.75.